The number of aliphatic carboxylic acids is 1. The lowest BCUT2D eigenvalue weighted by Gasteiger charge is -2.66. The van der Waals surface area contributed by atoms with Crippen LogP contribution in [0, 0.1) is 10.8 Å². The Labute approximate surface area is 146 Å². The molecule has 1 unspecified atom stereocenters. The number of amides is 1. The van der Waals surface area contributed by atoms with Crippen molar-refractivity contribution in [2.45, 2.75) is 38.8 Å². The summed E-state index contributed by atoms with van der Waals surface area (Å²) in [5, 5.41) is 12.1. The highest BCUT2D eigenvalue weighted by molar-refractivity contribution is 5.93. The summed E-state index contributed by atoms with van der Waals surface area (Å²) in [5.74, 6) is 0.133. The summed E-state index contributed by atoms with van der Waals surface area (Å²) in [6, 6.07) is 3.95. The van der Waals surface area contributed by atoms with E-state index in [1.54, 1.807) is 6.20 Å². The Bertz CT molecular complexity index is 683. The van der Waals surface area contributed by atoms with Crippen molar-refractivity contribution in [2.75, 3.05) is 24.6 Å². The first-order valence-corrected chi connectivity index (χ1v) is 8.76. The second kappa shape index (κ2) is 5.69. The summed E-state index contributed by atoms with van der Waals surface area (Å²) in [6.45, 7) is 4.85. The van der Waals surface area contributed by atoms with Crippen molar-refractivity contribution in [3.63, 3.8) is 0 Å². The second-order valence-corrected chi connectivity index (χ2v) is 7.73. The van der Waals surface area contributed by atoms with Crippen molar-refractivity contribution in [1.29, 1.82) is 0 Å². The van der Waals surface area contributed by atoms with Gasteiger partial charge in [0.15, 0.2) is 0 Å². The molecule has 4 aliphatic rings. The number of pyridine rings is 1. The van der Waals surface area contributed by atoms with Gasteiger partial charge in [-0.2, -0.15) is 0 Å². The number of nitrogens with one attached hydrogen (secondary N) is 1. The number of aromatic nitrogens is 1. The van der Waals surface area contributed by atoms with Gasteiger partial charge in [-0.05, 0) is 37.8 Å². The second-order valence-electron chi connectivity index (χ2n) is 7.73. The fourth-order valence-electron chi connectivity index (χ4n) is 4.36. The minimum atomic E-state index is -0.764. The highest BCUT2D eigenvalue weighted by Gasteiger charge is 2.75. The third kappa shape index (κ3) is 2.66. The number of morpholine rings is 1. The van der Waals surface area contributed by atoms with Crippen LogP contribution in [0.4, 0.5) is 5.82 Å². The van der Waals surface area contributed by atoms with E-state index in [-0.39, 0.29) is 12.0 Å². The topological polar surface area (TPSA) is 91.8 Å². The van der Waals surface area contributed by atoms with Crippen molar-refractivity contribution < 1.29 is 19.4 Å². The first-order chi connectivity index (χ1) is 11.9. The van der Waals surface area contributed by atoms with E-state index >= 15 is 0 Å². The average Bonchev–Trinajstić information content (AvgIpc) is 2.50. The van der Waals surface area contributed by atoms with Gasteiger partial charge in [0.25, 0.3) is 0 Å². The molecule has 2 heterocycles. The van der Waals surface area contributed by atoms with Gasteiger partial charge in [0.1, 0.15) is 5.82 Å². The maximum absolute atomic E-state index is 12.3. The van der Waals surface area contributed by atoms with Crippen LogP contribution in [0.5, 0.6) is 0 Å². The lowest BCUT2D eigenvalue weighted by molar-refractivity contribution is -0.220. The molecule has 3 aliphatic carbocycles. The highest BCUT2D eigenvalue weighted by atomic mass is 16.5. The Balaban J connectivity index is 1.29. The van der Waals surface area contributed by atoms with Crippen LogP contribution in [0.1, 0.15) is 31.7 Å². The van der Waals surface area contributed by atoms with E-state index in [2.05, 4.69) is 22.1 Å². The first-order valence-electron chi connectivity index (χ1n) is 8.76. The smallest absolute Gasteiger partial charge is 0.309 e. The summed E-state index contributed by atoms with van der Waals surface area (Å²) in [4.78, 5) is 30.1. The van der Waals surface area contributed by atoms with Gasteiger partial charge in [0.2, 0.25) is 5.91 Å². The minimum absolute atomic E-state index is 0.0262. The molecule has 1 saturated heterocycles. The van der Waals surface area contributed by atoms with Crippen LogP contribution in [0.2, 0.25) is 0 Å². The van der Waals surface area contributed by atoms with E-state index in [4.69, 9.17) is 9.84 Å². The van der Waals surface area contributed by atoms with Gasteiger partial charge in [-0.3, -0.25) is 9.59 Å². The van der Waals surface area contributed by atoms with E-state index in [0.717, 1.165) is 24.5 Å². The zero-order valence-electron chi connectivity index (χ0n) is 14.3. The molecule has 2 N–H and O–H groups in total. The molecular weight excluding hydrogens is 322 g/mol. The molecule has 7 nitrogen and oxygen atoms in total. The molecule has 0 radical (unpaired) electrons. The van der Waals surface area contributed by atoms with Crippen molar-refractivity contribution in [3.05, 3.63) is 23.9 Å². The Kier molecular flexibility index (Phi) is 3.72. The number of carboxylic acid groups (broad SMARTS) is 1. The predicted molar refractivity (Wildman–Crippen MR) is 90.1 cm³/mol. The largest absolute Gasteiger partial charge is 0.481 e. The van der Waals surface area contributed by atoms with Gasteiger partial charge in [0.05, 0.1) is 23.5 Å². The van der Waals surface area contributed by atoms with Crippen LogP contribution in [-0.2, 0) is 20.9 Å². The predicted octanol–water partition coefficient (Wildman–Crippen LogP) is 1.18. The number of anilines is 1. The zero-order chi connectivity index (χ0) is 17.7. The van der Waals surface area contributed by atoms with E-state index in [1.807, 2.05) is 12.1 Å². The van der Waals surface area contributed by atoms with Crippen LogP contribution in [0.25, 0.3) is 0 Å². The summed E-state index contributed by atoms with van der Waals surface area (Å²) in [6.07, 6.45) is 3.43. The molecule has 25 heavy (non-hydrogen) atoms. The van der Waals surface area contributed by atoms with E-state index < -0.39 is 16.8 Å². The normalized spacial score (nSPS) is 33.2. The van der Waals surface area contributed by atoms with Gasteiger partial charge in [-0.25, -0.2) is 4.98 Å². The van der Waals surface area contributed by atoms with Crippen LogP contribution < -0.4 is 10.2 Å². The molecule has 1 aliphatic heterocycles. The fraction of sp³-hybridized carbons (Fsp3) is 0.611. The Morgan fingerprint density at radius 2 is 2.12 bits per heavy atom. The zero-order valence-corrected chi connectivity index (χ0v) is 14.3. The van der Waals surface area contributed by atoms with E-state index in [1.165, 1.54) is 0 Å². The summed E-state index contributed by atoms with van der Waals surface area (Å²) >= 11 is 0. The van der Waals surface area contributed by atoms with Crippen LogP contribution in [0.15, 0.2) is 18.3 Å². The molecular formula is C18H23N3O4. The Hall–Kier alpha value is -2.15. The molecule has 1 aromatic rings. The SMILES string of the molecule is CC1CN(c2ccc(CNC(=O)C34CC(C(=O)O)(C3)C4)cn2)CCO1. The van der Waals surface area contributed by atoms with E-state index in [9.17, 15) is 9.59 Å². The number of carbonyl (C=O) groups excluding carboxylic acids is 1. The number of hydrogen-bond acceptors (Lipinski definition) is 5. The molecule has 0 spiro atoms. The van der Waals surface area contributed by atoms with Crippen molar-refractivity contribution in [1.82, 2.24) is 10.3 Å². The highest BCUT2D eigenvalue weighted by Crippen LogP contribution is 2.73. The molecule has 134 valence electrons. The molecule has 4 fully saturated rings. The van der Waals surface area contributed by atoms with E-state index in [0.29, 0.717) is 32.4 Å². The summed E-state index contributed by atoms with van der Waals surface area (Å²) in [5.41, 5.74) is -0.108. The molecule has 0 aromatic carbocycles. The van der Waals surface area contributed by atoms with Gasteiger partial charge < -0.3 is 20.1 Å². The maximum Gasteiger partial charge on any atom is 0.309 e. The number of nitrogens with zero attached hydrogens (tertiary/aromatic N) is 2. The Morgan fingerprint density at radius 1 is 1.36 bits per heavy atom. The average molecular weight is 345 g/mol. The fourth-order valence-corrected chi connectivity index (χ4v) is 4.36. The molecule has 5 rings (SSSR count). The van der Waals surface area contributed by atoms with Gasteiger partial charge in [-0.15, -0.1) is 0 Å². The van der Waals surface area contributed by atoms with Crippen LogP contribution >= 0.6 is 0 Å². The minimum Gasteiger partial charge on any atom is -0.481 e. The van der Waals surface area contributed by atoms with Crippen molar-refractivity contribution in [2.24, 2.45) is 10.8 Å². The molecule has 1 aromatic heterocycles. The van der Waals surface area contributed by atoms with Gasteiger partial charge >= 0.3 is 5.97 Å². The number of carboxylic acids is 1. The maximum atomic E-state index is 12.3. The van der Waals surface area contributed by atoms with Crippen LogP contribution in [-0.4, -0.2) is 47.8 Å². The number of carbonyl (C=O) groups is 2. The summed E-state index contributed by atoms with van der Waals surface area (Å²) < 4.78 is 5.54. The summed E-state index contributed by atoms with van der Waals surface area (Å²) in [7, 11) is 0. The molecule has 2 bridgehead atoms. The van der Waals surface area contributed by atoms with Crippen molar-refractivity contribution >= 4 is 17.7 Å². The van der Waals surface area contributed by atoms with Gasteiger partial charge in [0, 0.05) is 25.8 Å². The van der Waals surface area contributed by atoms with Gasteiger partial charge in [-0.1, -0.05) is 6.07 Å². The number of rotatable bonds is 5. The first kappa shape index (κ1) is 16.3. The quantitative estimate of drug-likeness (QED) is 0.833. The third-order valence-corrected chi connectivity index (χ3v) is 5.79. The lowest BCUT2D eigenvalue weighted by atomic mass is 9.35. The Morgan fingerprint density at radius 3 is 2.72 bits per heavy atom. The molecule has 1 amide bonds. The number of hydrogen-bond donors (Lipinski definition) is 2. The molecule has 1 atom stereocenters. The number of ether oxygens (including phenoxy) is 1. The van der Waals surface area contributed by atoms with Crippen molar-refractivity contribution in [3.8, 4) is 0 Å². The molecule has 7 heteroatoms. The lowest BCUT2D eigenvalue weighted by Crippen LogP contribution is -2.70. The van der Waals surface area contributed by atoms with Crippen LogP contribution in [0.3, 0.4) is 0 Å². The monoisotopic (exact) mass is 345 g/mol. The molecule has 3 saturated carbocycles. The third-order valence-electron chi connectivity index (χ3n) is 5.79. The standard InChI is InChI=1S/C18H23N3O4/c1-12-8-21(4-5-25-12)14-3-2-13(6-19-14)7-20-15(22)17-9-18(10-17,11-17)16(23)24/h2-3,6,12H,4-5,7-11H2,1H3,(H,20,22)(H,23,24).